The lowest BCUT2D eigenvalue weighted by Crippen LogP contribution is -2.45. The summed E-state index contributed by atoms with van der Waals surface area (Å²) in [5.74, 6) is -3.07. The lowest BCUT2D eigenvalue weighted by molar-refractivity contribution is -0.0671. The molecule has 2 aliphatic rings. The van der Waals surface area contributed by atoms with Crippen LogP contribution in [-0.2, 0) is 0 Å². The van der Waals surface area contributed by atoms with Crippen LogP contribution < -0.4 is 10.9 Å². The molecule has 1 fully saturated rings. The van der Waals surface area contributed by atoms with E-state index in [4.69, 9.17) is 10.8 Å². The monoisotopic (exact) mass is 505 g/mol. The summed E-state index contributed by atoms with van der Waals surface area (Å²) in [5.41, 5.74) is 0.695. The van der Waals surface area contributed by atoms with Gasteiger partial charge in [-0.1, -0.05) is 12.1 Å². The zero-order valence-corrected chi connectivity index (χ0v) is 18.6. The van der Waals surface area contributed by atoms with Crippen molar-refractivity contribution in [3.05, 3.63) is 69.6 Å². The Hall–Kier alpha value is -3.87. The van der Waals surface area contributed by atoms with Gasteiger partial charge in [0.25, 0.3) is 5.56 Å². The number of aromatic amines is 1. The fraction of sp³-hybridized carbons (Fsp3) is 0.304. The molecule has 8 nitrogen and oxygen atoms in total. The number of aromatic nitrogens is 2. The van der Waals surface area contributed by atoms with Crippen LogP contribution in [0.3, 0.4) is 0 Å². The molecule has 5 rings (SSSR count). The largest absolute Gasteiger partial charge is 0.449 e. The first-order valence-corrected chi connectivity index (χ1v) is 11.0. The third kappa shape index (κ3) is 4.08. The molecule has 0 aliphatic carbocycles. The van der Waals surface area contributed by atoms with Crippen LogP contribution in [0.25, 0.3) is 10.8 Å². The van der Waals surface area contributed by atoms with E-state index in [1.54, 1.807) is 12.1 Å². The average molecular weight is 505 g/mol. The van der Waals surface area contributed by atoms with E-state index in [9.17, 15) is 26.7 Å². The highest BCUT2D eigenvalue weighted by molar-refractivity contribution is 6.01. The maximum atomic E-state index is 14.4. The predicted molar refractivity (Wildman–Crippen MR) is 122 cm³/mol. The van der Waals surface area contributed by atoms with Gasteiger partial charge in [-0.25, -0.2) is 13.9 Å². The molecule has 2 unspecified atom stereocenters. The van der Waals surface area contributed by atoms with Gasteiger partial charge in [-0.2, -0.15) is 18.3 Å². The number of benzene rings is 2. The summed E-state index contributed by atoms with van der Waals surface area (Å²) in [5, 5.41) is 25.9. The van der Waals surface area contributed by atoms with Crippen molar-refractivity contribution >= 4 is 28.1 Å². The number of nitrogens with one attached hydrogen (secondary N) is 4. The summed E-state index contributed by atoms with van der Waals surface area (Å²) < 4.78 is 67.6. The van der Waals surface area contributed by atoms with Crippen molar-refractivity contribution in [3.8, 4) is 0 Å². The summed E-state index contributed by atoms with van der Waals surface area (Å²) in [6, 6.07) is 6.61. The van der Waals surface area contributed by atoms with Crippen molar-refractivity contribution in [1.82, 2.24) is 20.0 Å². The van der Waals surface area contributed by atoms with E-state index in [0.717, 1.165) is 6.07 Å². The van der Waals surface area contributed by atoms with E-state index in [-0.39, 0.29) is 37.3 Å². The SMILES string of the molecule is N=C1CCN(C2c3n[nH]c(=O)c4cc(F)cc(c34)NC2c2ccc(F)cc2)CCN1C(=N)C(F)(F)F. The number of anilines is 1. The van der Waals surface area contributed by atoms with Gasteiger partial charge in [-0.05, 0) is 29.8 Å². The predicted octanol–water partition coefficient (Wildman–Crippen LogP) is 3.93. The molecular weight excluding hydrogens is 485 g/mol. The molecule has 2 aromatic carbocycles. The second kappa shape index (κ2) is 8.66. The summed E-state index contributed by atoms with van der Waals surface area (Å²) in [6.07, 6.45) is -4.98. The molecule has 0 saturated carbocycles. The standard InChI is InChI=1S/C23H20F5N7O/c24-12-3-1-11(2-4-12)18-20(34-6-5-16(29)35(8-7-34)22(30)23(26,27)28)19-17-14(21(36)33-32-19)9-13(25)10-15(17)31-18/h1-4,9-10,18,20,29-31H,5-8H2,(H,33,36). The summed E-state index contributed by atoms with van der Waals surface area (Å²) in [6.45, 7) is -0.0837. The van der Waals surface area contributed by atoms with Crippen LogP contribution in [0.1, 0.15) is 29.8 Å². The fourth-order valence-corrected chi connectivity index (χ4v) is 4.88. The van der Waals surface area contributed by atoms with Gasteiger partial charge < -0.3 is 10.2 Å². The zero-order chi connectivity index (χ0) is 25.8. The Morgan fingerprint density at radius 2 is 1.78 bits per heavy atom. The van der Waals surface area contributed by atoms with E-state index in [1.165, 1.54) is 18.2 Å². The van der Waals surface area contributed by atoms with E-state index in [2.05, 4.69) is 15.5 Å². The minimum Gasteiger partial charge on any atom is -0.376 e. The van der Waals surface area contributed by atoms with E-state index in [0.29, 0.717) is 27.2 Å². The Kier molecular flexibility index (Phi) is 5.74. The van der Waals surface area contributed by atoms with Gasteiger partial charge in [0.15, 0.2) is 0 Å². The van der Waals surface area contributed by atoms with Crippen molar-refractivity contribution in [3.63, 3.8) is 0 Å². The molecule has 1 saturated heterocycles. The Labute approximate surface area is 200 Å². The third-order valence-electron chi connectivity index (χ3n) is 6.52. The van der Waals surface area contributed by atoms with Gasteiger partial charge in [-0.15, -0.1) is 0 Å². The highest BCUT2D eigenvalue weighted by atomic mass is 19.4. The van der Waals surface area contributed by atoms with Crippen molar-refractivity contribution in [1.29, 1.82) is 10.8 Å². The second-order valence-corrected chi connectivity index (χ2v) is 8.66. The van der Waals surface area contributed by atoms with Crippen LogP contribution in [0.2, 0.25) is 0 Å². The zero-order valence-electron chi connectivity index (χ0n) is 18.6. The summed E-state index contributed by atoms with van der Waals surface area (Å²) >= 11 is 0. The van der Waals surface area contributed by atoms with Crippen LogP contribution in [0, 0.1) is 22.5 Å². The number of halogens is 5. The molecule has 13 heteroatoms. The highest BCUT2D eigenvalue weighted by Gasteiger charge is 2.43. The number of hydrogen-bond acceptors (Lipinski definition) is 6. The lowest BCUT2D eigenvalue weighted by atomic mass is 9.88. The first kappa shape index (κ1) is 23.9. The van der Waals surface area contributed by atoms with Crippen molar-refractivity contribution in [2.75, 3.05) is 25.0 Å². The van der Waals surface area contributed by atoms with Gasteiger partial charge in [0.2, 0.25) is 5.84 Å². The van der Waals surface area contributed by atoms with Gasteiger partial charge in [-0.3, -0.25) is 20.5 Å². The lowest BCUT2D eigenvalue weighted by Gasteiger charge is -2.40. The molecule has 3 aromatic rings. The van der Waals surface area contributed by atoms with Crippen molar-refractivity contribution < 1.29 is 22.0 Å². The van der Waals surface area contributed by atoms with Crippen molar-refractivity contribution in [2.24, 2.45) is 0 Å². The topological polar surface area (TPSA) is 112 Å². The normalized spacial score (nSPS) is 20.8. The summed E-state index contributed by atoms with van der Waals surface area (Å²) in [7, 11) is 0. The highest BCUT2D eigenvalue weighted by Crippen LogP contribution is 2.45. The number of H-pyrrole nitrogens is 1. The van der Waals surface area contributed by atoms with Gasteiger partial charge >= 0.3 is 6.18 Å². The Morgan fingerprint density at radius 1 is 1.06 bits per heavy atom. The molecule has 4 N–H and O–H groups in total. The maximum absolute atomic E-state index is 14.4. The average Bonchev–Trinajstić information content (AvgIpc) is 3.01. The number of alkyl halides is 3. The van der Waals surface area contributed by atoms with Crippen LogP contribution in [0.5, 0.6) is 0 Å². The Morgan fingerprint density at radius 3 is 2.47 bits per heavy atom. The molecule has 0 amide bonds. The van der Waals surface area contributed by atoms with Gasteiger partial charge in [0, 0.05) is 37.1 Å². The van der Waals surface area contributed by atoms with Crippen molar-refractivity contribution in [2.45, 2.75) is 24.7 Å². The Balaban J connectivity index is 1.61. The first-order chi connectivity index (χ1) is 17.0. The summed E-state index contributed by atoms with van der Waals surface area (Å²) in [4.78, 5) is 14.9. The molecule has 0 radical (unpaired) electrons. The Bertz CT molecular complexity index is 1420. The first-order valence-electron chi connectivity index (χ1n) is 11.0. The molecular formula is C23H20F5N7O. The van der Waals surface area contributed by atoms with E-state index in [1.807, 2.05) is 4.90 Å². The second-order valence-electron chi connectivity index (χ2n) is 8.66. The van der Waals surface area contributed by atoms with Gasteiger partial charge in [0.05, 0.1) is 23.2 Å². The van der Waals surface area contributed by atoms with E-state index < -0.39 is 41.3 Å². The molecule has 2 aliphatic heterocycles. The molecule has 0 bridgehead atoms. The third-order valence-corrected chi connectivity index (χ3v) is 6.52. The van der Waals surface area contributed by atoms with Gasteiger partial charge in [0.1, 0.15) is 17.5 Å². The number of nitrogens with zero attached hydrogens (tertiary/aromatic N) is 3. The molecule has 36 heavy (non-hydrogen) atoms. The quantitative estimate of drug-likeness (QED) is 0.240. The number of amidine groups is 2. The maximum Gasteiger partial charge on any atom is 0.449 e. The molecule has 2 atom stereocenters. The minimum atomic E-state index is -4.90. The molecule has 3 heterocycles. The minimum absolute atomic E-state index is 0.0315. The number of rotatable bonds is 2. The van der Waals surface area contributed by atoms with Crippen LogP contribution >= 0.6 is 0 Å². The molecule has 188 valence electrons. The molecule has 1 aromatic heterocycles. The fourth-order valence-electron chi connectivity index (χ4n) is 4.88. The van der Waals surface area contributed by atoms with Crippen LogP contribution in [-0.4, -0.2) is 57.5 Å². The van der Waals surface area contributed by atoms with Crippen LogP contribution in [0.4, 0.5) is 27.6 Å². The van der Waals surface area contributed by atoms with E-state index >= 15 is 0 Å². The molecule has 0 spiro atoms. The number of hydrogen-bond donors (Lipinski definition) is 4. The van der Waals surface area contributed by atoms with Crippen LogP contribution in [0.15, 0.2) is 41.2 Å². The smallest absolute Gasteiger partial charge is 0.376 e.